The maximum atomic E-state index is 11.3. The molecule has 0 fully saturated rings. The molecule has 2 nitrogen and oxygen atoms in total. The lowest BCUT2D eigenvalue weighted by Crippen LogP contribution is -1.91. The van der Waals surface area contributed by atoms with Crippen molar-refractivity contribution in [3.63, 3.8) is 0 Å². The van der Waals surface area contributed by atoms with Crippen LogP contribution in [0.5, 0.6) is 0 Å². The molecule has 116 valence electrons. The third-order valence-electron chi connectivity index (χ3n) is 3.56. The summed E-state index contributed by atoms with van der Waals surface area (Å²) >= 11 is 0. The summed E-state index contributed by atoms with van der Waals surface area (Å²) in [6.07, 6.45) is 8.17. The maximum Gasteiger partial charge on any atom is 0.159 e. The number of allylic oxidation sites excluding steroid dienone is 6. The topological polar surface area (TPSA) is 29.4 Å². The second-order valence-corrected chi connectivity index (χ2v) is 5.20. The second kappa shape index (κ2) is 8.93. The first-order valence-electron chi connectivity index (χ1n) is 7.62. The molecule has 0 radical (unpaired) electrons. The number of rotatable bonds is 6. The first-order chi connectivity index (χ1) is 10.5. The van der Waals surface area contributed by atoms with E-state index in [-0.39, 0.29) is 5.78 Å². The maximum absolute atomic E-state index is 11.3. The Bertz CT molecular complexity index is 628. The van der Waals surface area contributed by atoms with Crippen molar-refractivity contribution in [2.75, 3.05) is 6.54 Å². The molecular formula is C20H25NO. The highest BCUT2D eigenvalue weighted by molar-refractivity contribution is 5.94. The molecule has 0 heterocycles. The van der Waals surface area contributed by atoms with Crippen LogP contribution in [-0.2, 0) is 0 Å². The Kier molecular flexibility index (Phi) is 7.24. The number of nitrogens with zero attached hydrogens (tertiary/aromatic N) is 1. The second-order valence-electron chi connectivity index (χ2n) is 5.20. The van der Waals surface area contributed by atoms with Gasteiger partial charge >= 0.3 is 0 Å². The lowest BCUT2D eigenvalue weighted by atomic mass is 10.0. The Labute approximate surface area is 134 Å². The quantitative estimate of drug-likeness (QED) is 0.399. The van der Waals surface area contributed by atoms with E-state index in [0.29, 0.717) is 0 Å². The molecule has 0 aliphatic heterocycles. The number of Topliss-reactive ketones (excluding diaryl/α,β-unsaturated/α-hetero) is 1. The normalized spacial score (nSPS) is 13.8. The molecule has 22 heavy (non-hydrogen) atoms. The fraction of sp³-hybridized carbons (Fsp3) is 0.300. The van der Waals surface area contributed by atoms with Crippen molar-refractivity contribution >= 4 is 17.6 Å². The SMILES string of the molecule is C/C=C(/C)C(=C/C=C(\C)c1ccc(C(C)=O)cc1)/C=N\CC. The van der Waals surface area contributed by atoms with Crippen molar-refractivity contribution in [2.45, 2.75) is 34.6 Å². The number of carbonyl (C=O) groups is 1. The molecule has 0 atom stereocenters. The van der Waals surface area contributed by atoms with Crippen molar-refractivity contribution in [1.82, 2.24) is 0 Å². The lowest BCUT2D eigenvalue weighted by molar-refractivity contribution is 0.101. The van der Waals surface area contributed by atoms with Crippen LogP contribution in [0.1, 0.15) is 50.5 Å². The van der Waals surface area contributed by atoms with Crippen LogP contribution in [0.4, 0.5) is 0 Å². The van der Waals surface area contributed by atoms with Gasteiger partial charge in [0, 0.05) is 18.3 Å². The van der Waals surface area contributed by atoms with Crippen LogP contribution < -0.4 is 0 Å². The van der Waals surface area contributed by atoms with Crippen LogP contribution in [0, 0.1) is 0 Å². The van der Waals surface area contributed by atoms with Gasteiger partial charge in [0.25, 0.3) is 0 Å². The molecule has 0 saturated heterocycles. The van der Waals surface area contributed by atoms with Gasteiger partial charge in [-0.2, -0.15) is 0 Å². The molecule has 0 spiro atoms. The Hall–Kier alpha value is -2.22. The van der Waals surface area contributed by atoms with Gasteiger partial charge in [-0.05, 0) is 56.9 Å². The zero-order chi connectivity index (χ0) is 16.5. The van der Waals surface area contributed by atoms with Crippen LogP contribution in [0.2, 0.25) is 0 Å². The Morgan fingerprint density at radius 3 is 2.14 bits per heavy atom. The highest BCUT2D eigenvalue weighted by Crippen LogP contribution is 2.16. The highest BCUT2D eigenvalue weighted by atomic mass is 16.1. The zero-order valence-corrected chi connectivity index (χ0v) is 14.2. The van der Waals surface area contributed by atoms with E-state index in [4.69, 9.17) is 0 Å². The van der Waals surface area contributed by atoms with E-state index in [9.17, 15) is 4.79 Å². The minimum atomic E-state index is 0.0925. The molecule has 2 heteroatoms. The average molecular weight is 295 g/mol. The summed E-state index contributed by atoms with van der Waals surface area (Å²) in [7, 11) is 0. The van der Waals surface area contributed by atoms with Crippen molar-refractivity contribution < 1.29 is 4.79 Å². The third-order valence-corrected chi connectivity index (χ3v) is 3.56. The number of aliphatic imine (C=N–C) groups is 1. The minimum absolute atomic E-state index is 0.0925. The van der Waals surface area contributed by atoms with Gasteiger partial charge in [0.05, 0.1) is 0 Å². The Balaban J connectivity index is 3.05. The van der Waals surface area contributed by atoms with Gasteiger partial charge in [-0.25, -0.2) is 0 Å². The van der Waals surface area contributed by atoms with E-state index < -0.39 is 0 Å². The summed E-state index contributed by atoms with van der Waals surface area (Å²) < 4.78 is 0. The molecule has 1 aromatic rings. The number of hydrogen-bond donors (Lipinski definition) is 0. The highest BCUT2D eigenvalue weighted by Gasteiger charge is 2.00. The first-order valence-corrected chi connectivity index (χ1v) is 7.62. The van der Waals surface area contributed by atoms with E-state index in [0.717, 1.165) is 28.8 Å². The third kappa shape index (κ3) is 5.28. The first kappa shape index (κ1) is 17.8. The van der Waals surface area contributed by atoms with Crippen molar-refractivity contribution in [1.29, 1.82) is 0 Å². The van der Waals surface area contributed by atoms with E-state index in [1.165, 1.54) is 5.57 Å². The van der Waals surface area contributed by atoms with Gasteiger partial charge < -0.3 is 0 Å². The molecule has 0 unspecified atom stereocenters. The molecule has 0 aliphatic rings. The molecule has 0 bridgehead atoms. The molecule has 0 amide bonds. The number of benzene rings is 1. The van der Waals surface area contributed by atoms with E-state index in [2.05, 4.69) is 37.1 Å². The molecular weight excluding hydrogens is 270 g/mol. The van der Waals surface area contributed by atoms with Gasteiger partial charge in [-0.3, -0.25) is 9.79 Å². The molecule has 0 aromatic heterocycles. The molecule has 0 N–H and O–H groups in total. The van der Waals surface area contributed by atoms with Gasteiger partial charge in [0.15, 0.2) is 5.78 Å². The smallest absolute Gasteiger partial charge is 0.159 e. The summed E-state index contributed by atoms with van der Waals surface area (Å²) in [6.45, 7) is 10.6. The van der Waals surface area contributed by atoms with Gasteiger partial charge in [-0.1, -0.05) is 42.5 Å². The van der Waals surface area contributed by atoms with Crippen LogP contribution in [0.3, 0.4) is 0 Å². The fourth-order valence-corrected chi connectivity index (χ4v) is 1.91. The fourth-order valence-electron chi connectivity index (χ4n) is 1.91. The van der Waals surface area contributed by atoms with Crippen molar-refractivity contribution in [2.24, 2.45) is 4.99 Å². The average Bonchev–Trinajstić information content (AvgIpc) is 2.54. The van der Waals surface area contributed by atoms with E-state index in [1.54, 1.807) is 6.92 Å². The largest absolute Gasteiger partial charge is 0.295 e. The number of ketones is 1. The summed E-state index contributed by atoms with van der Waals surface area (Å²) in [5.41, 5.74) is 5.33. The van der Waals surface area contributed by atoms with Crippen molar-refractivity contribution in [3.05, 3.63) is 64.8 Å². The molecule has 0 aliphatic carbocycles. The lowest BCUT2D eigenvalue weighted by Gasteiger charge is -2.03. The predicted molar refractivity (Wildman–Crippen MR) is 96.6 cm³/mol. The summed E-state index contributed by atoms with van der Waals surface area (Å²) in [5.74, 6) is 0.0925. The van der Waals surface area contributed by atoms with Crippen LogP contribution in [-0.4, -0.2) is 18.5 Å². The summed E-state index contributed by atoms with van der Waals surface area (Å²) in [4.78, 5) is 15.6. The standard InChI is InChI=1S/C20H25NO/c1-6-15(3)20(14-21-7-2)9-8-16(4)18-10-12-19(13-11-18)17(5)22/h6,8-14H,7H2,1-5H3/b15-6-,16-8+,20-9+,21-14-. The Morgan fingerprint density at radius 2 is 1.64 bits per heavy atom. The molecule has 1 aromatic carbocycles. The Morgan fingerprint density at radius 1 is 1.05 bits per heavy atom. The zero-order valence-electron chi connectivity index (χ0n) is 14.2. The van der Waals surface area contributed by atoms with E-state index >= 15 is 0 Å². The number of carbonyl (C=O) groups excluding carboxylic acids is 1. The van der Waals surface area contributed by atoms with Crippen LogP contribution in [0.15, 0.2) is 58.6 Å². The van der Waals surface area contributed by atoms with E-state index in [1.807, 2.05) is 44.3 Å². The summed E-state index contributed by atoms with van der Waals surface area (Å²) in [5, 5.41) is 0. The van der Waals surface area contributed by atoms with Gasteiger partial charge in [0.1, 0.15) is 0 Å². The summed E-state index contributed by atoms with van der Waals surface area (Å²) in [6, 6.07) is 7.71. The van der Waals surface area contributed by atoms with Crippen LogP contribution in [0.25, 0.3) is 5.57 Å². The minimum Gasteiger partial charge on any atom is -0.295 e. The molecule has 1 rings (SSSR count). The van der Waals surface area contributed by atoms with Gasteiger partial charge in [0.2, 0.25) is 0 Å². The van der Waals surface area contributed by atoms with Crippen molar-refractivity contribution in [3.8, 4) is 0 Å². The molecule has 0 saturated carbocycles. The predicted octanol–water partition coefficient (Wildman–Crippen LogP) is 5.28. The number of hydrogen-bond acceptors (Lipinski definition) is 2. The monoisotopic (exact) mass is 295 g/mol. The van der Waals surface area contributed by atoms with Crippen LogP contribution >= 0.6 is 0 Å². The van der Waals surface area contributed by atoms with Gasteiger partial charge in [-0.15, -0.1) is 0 Å².